The summed E-state index contributed by atoms with van der Waals surface area (Å²) in [5.74, 6) is -0.491. The molecule has 9 heteroatoms. The molecule has 7 nitrogen and oxygen atoms in total. The molecule has 2 aliphatic rings. The van der Waals surface area contributed by atoms with Crippen LogP contribution in [-0.4, -0.2) is 66.7 Å². The molecular weight excluding hydrogens is 363 g/mol. The zero-order chi connectivity index (χ0) is 18.9. The second-order valence-corrected chi connectivity index (χ2v) is 8.79. The first kappa shape index (κ1) is 19.1. The van der Waals surface area contributed by atoms with Crippen LogP contribution in [0.25, 0.3) is 0 Å². The molecule has 144 valence electrons. The van der Waals surface area contributed by atoms with Gasteiger partial charge in [-0.1, -0.05) is 6.92 Å². The van der Waals surface area contributed by atoms with Crippen molar-refractivity contribution in [1.29, 1.82) is 0 Å². The Hall–Kier alpha value is -1.71. The molecule has 0 radical (unpaired) electrons. The number of carboxylic acid groups (broad SMARTS) is 1. The monoisotopic (exact) mass is 386 g/mol. The van der Waals surface area contributed by atoms with E-state index in [0.29, 0.717) is 32.4 Å². The van der Waals surface area contributed by atoms with Gasteiger partial charge in [0.25, 0.3) is 0 Å². The molecule has 2 aliphatic heterocycles. The van der Waals surface area contributed by atoms with Gasteiger partial charge in [-0.15, -0.1) is 0 Å². The number of nitrogens with zero attached hydrogens (tertiary/aromatic N) is 2. The number of carbonyl (C=O) groups is 1. The molecule has 2 saturated heterocycles. The molecule has 1 atom stereocenters. The Morgan fingerprint density at radius 1 is 1.31 bits per heavy atom. The fourth-order valence-electron chi connectivity index (χ4n) is 3.57. The van der Waals surface area contributed by atoms with E-state index in [0.717, 1.165) is 12.1 Å². The van der Waals surface area contributed by atoms with Crippen LogP contribution < -0.4 is 0 Å². The first-order valence-electron chi connectivity index (χ1n) is 8.67. The lowest BCUT2D eigenvalue weighted by Gasteiger charge is -2.49. The first-order chi connectivity index (χ1) is 12.3. The number of hydrogen-bond donors (Lipinski definition) is 1. The van der Waals surface area contributed by atoms with Crippen molar-refractivity contribution in [3.63, 3.8) is 0 Å². The average Bonchev–Trinajstić information content (AvgIpc) is 2.62. The number of rotatable bonds is 3. The Morgan fingerprint density at radius 3 is 2.46 bits per heavy atom. The van der Waals surface area contributed by atoms with Crippen LogP contribution in [0.2, 0.25) is 0 Å². The molecule has 1 aromatic rings. The maximum Gasteiger partial charge on any atom is 0.407 e. The Kier molecular flexibility index (Phi) is 5.23. The topological polar surface area (TPSA) is 87.2 Å². The van der Waals surface area contributed by atoms with Gasteiger partial charge < -0.3 is 14.7 Å². The van der Waals surface area contributed by atoms with E-state index in [-0.39, 0.29) is 24.1 Å². The lowest BCUT2D eigenvalue weighted by molar-refractivity contribution is -0.158. The van der Waals surface area contributed by atoms with E-state index >= 15 is 0 Å². The summed E-state index contributed by atoms with van der Waals surface area (Å²) in [7, 11) is -3.77. The minimum atomic E-state index is -3.77. The van der Waals surface area contributed by atoms with Crippen LogP contribution in [0.4, 0.5) is 9.18 Å². The summed E-state index contributed by atoms with van der Waals surface area (Å²) in [5, 5.41) is 9.12. The van der Waals surface area contributed by atoms with Crippen molar-refractivity contribution in [2.45, 2.75) is 42.8 Å². The quantitative estimate of drug-likeness (QED) is 0.860. The van der Waals surface area contributed by atoms with Gasteiger partial charge in [0.15, 0.2) is 0 Å². The number of ether oxygens (including phenoxy) is 1. The van der Waals surface area contributed by atoms with Crippen LogP contribution in [-0.2, 0) is 14.8 Å². The summed E-state index contributed by atoms with van der Waals surface area (Å²) in [6.45, 7) is 2.97. The SMILES string of the molecule is CCC1CN(S(=O)(=O)c2ccc(F)cc2)CC2(CCN(C(=O)O)CC2)O1. The van der Waals surface area contributed by atoms with Crippen molar-refractivity contribution in [3.8, 4) is 0 Å². The highest BCUT2D eigenvalue weighted by molar-refractivity contribution is 7.89. The lowest BCUT2D eigenvalue weighted by atomic mass is 9.89. The molecule has 0 saturated carbocycles. The summed E-state index contributed by atoms with van der Waals surface area (Å²) in [4.78, 5) is 12.5. The van der Waals surface area contributed by atoms with Gasteiger partial charge in [0.05, 0.1) is 16.6 Å². The highest BCUT2D eigenvalue weighted by atomic mass is 32.2. The van der Waals surface area contributed by atoms with Gasteiger partial charge in [-0.2, -0.15) is 4.31 Å². The third kappa shape index (κ3) is 3.70. The van der Waals surface area contributed by atoms with Crippen molar-refractivity contribution >= 4 is 16.1 Å². The fourth-order valence-corrected chi connectivity index (χ4v) is 5.12. The van der Waals surface area contributed by atoms with Crippen molar-refractivity contribution in [3.05, 3.63) is 30.1 Å². The van der Waals surface area contributed by atoms with Gasteiger partial charge in [-0.05, 0) is 43.5 Å². The van der Waals surface area contributed by atoms with E-state index < -0.39 is 27.5 Å². The third-order valence-electron chi connectivity index (χ3n) is 5.14. The van der Waals surface area contributed by atoms with Crippen LogP contribution in [0.1, 0.15) is 26.2 Å². The van der Waals surface area contributed by atoms with E-state index in [2.05, 4.69) is 0 Å². The molecule has 26 heavy (non-hydrogen) atoms. The minimum Gasteiger partial charge on any atom is -0.465 e. The summed E-state index contributed by atoms with van der Waals surface area (Å²) in [6, 6.07) is 4.79. The highest BCUT2D eigenvalue weighted by Crippen LogP contribution is 2.35. The molecule has 0 bridgehead atoms. The molecule has 1 N–H and O–H groups in total. The van der Waals surface area contributed by atoms with Crippen LogP contribution in [0.3, 0.4) is 0 Å². The van der Waals surface area contributed by atoms with Gasteiger partial charge in [-0.25, -0.2) is 17.6 Å². The second-order valence-electron chi connectivity index (χ2n) is 6.85. The van der Waals surface area contributed by atoms with Crippen LogP contribution in [0.15, 0.2) is 29.2 Å². The molecule has 0 aromatic heterocycles. The molecule has 0 aliphatic carbocycles. The van der Waals surface area contributed by atoms with E-state index in [1.165, 1.54) is 21.3 Å². The van der Waals surface area contributed by atoms with Gasteiger partial charge in [-0.3, -0.25) is 0 Å². The largest absolute Gasteiger partial charge is 0.465 e. The minimum absolute atomic E-state index is 0.0498. The Labute approximate surface area is 152 Å². The zero-order valence-corrected chi connectivity index (χ0v) is 15.4. The molecule has 1 amide bonds. The van der Waals surface area contributed by atoms with E-state index in [9.17, 15) is 17.6 Å². The standard InChI is InChI=1S/C17H23FN2O5S/c1-2-14-11-20(26(23,24)15-5-3-13(18)4-6-15)12-17(25-14)7-9-19(10-8-17)16(21)22/h3-6,14H,2,7-12H2,1H3,(H,21,22). The molecule has 3 rings (SSSR count). The number of sulfonamides is 1. The summed E-state index contributed by atoms with van der Waals surface area (Å²) >= 11 is 0. The zero-order valence-electron chi connectivity index (χ0n) is 14.6. The summed E-state index contributed by atoms with van der Waals surface area (Å²) in [5.41, 5.74) is -0.683. The Balaban J connectivity index is 1.84. The van der Waals surface area contributed by atoms with Crippen molar-refractivity contribution < 1.29 is 27.4 Å². The number of likely N-dealkylation sites (tertiary alicyclic amines) is 1. The smallest absolute Gasteiger partial charge is 0.407 e. The highest BCUT2D eigenvalue weighted by Gasteiger charge is 2.46. The molecule has 1 spiro atoms. The molecule has 1 aromatic carbocycles. The Bertz CT molecular complexity index is 760. The van der Waals surface area contributed by atoms with Crippen molar-refractivity contribution in [1.82, 2.24) is 9.21 Å². The Morgan fingerprint density at radius 2 is 1.92 bits per heavy atom. The predicted molar refractivity (Wildman–Crippen MR) is 91.9 cm³/mol. The average molecular weight is 386 g/mol. The van der Waals surface area contributed by atoms with Crippen molar-refractivity contribution in [2.24, 2.45) is 0 Å². The maximum atomic E-state index is 13.1. The van der Waals surface area contributed by atoms with E-state index in [1.807, 2.05) is 6.92 Å². The molecular formula is C17H23FN2O5S. The number of amides is 1. The molecule has 1 unspecified atom stereocenters. The van der Waals surface area contributed by atoms with Gasteiger partial charge >= 0.3 is 6.09 Å². The third-order valence-corrected chi connectivity index (χ3v) is 6.97. The number of halogens is 1. The van der Waals surface area contributed by atoms with Crippen LogP contribution in [0, 0.1) is 5.82 Å². The van der Waals surface area contributed by atoms with Gasteiger partial charge in [0.1, 0.15) is 5.82 Å². The van der Waals surface area contributed by atoms with E-state index in [1.54, 1.807) is 0 Å². The summed E-state index contributed by atoms with van der Waals surface area (Å²) in [6.07, 6.45) is 0.324. The molecule has 2 heterocycles. The predicted octanol–water partition coefficient (Wildman–Crippen LogP) is 2.14. The van der Waals surface area contributed by atoms with E-state index in [4.69, 9.17) is 9.84 Å². The summed E-state index contributed by atoms with van der Waals surface area (Å²) < 4.78 is 46.7. The number of morpholine rings is 1. The number of piperidine rings is 1. The normalized spacial score (nSPS) is 23.9. The van der Waals surface area contributed by atoms with Gasteiger partial charge in [0, 0.05) is 26.2 Å². The van der Waals surface area contributed by atoms with Crippen LogP contribution in [0.5, 0.6) is 0 Å². The van der Waals surface area contributed by atoms with Crippen LogP contribution >= 0.6 is 0 Å². The second kappa shape index (κ2) is 7.13. The van der Waals surface area contributed by atoms with Gasteiger partial charge in [0.2, 0.25) is 10.0 Å². The maximum absolute atomic E-state index is 13.1. The lowest BCUT2D eigenvalue weighted by Crippen LogP contribution is -2.60. The number of benzene rings is 1. The van der Waals surface area contributed by atoms with Crippen molar-refractivity contribution in [2.75, 3.05) is 26.2 Å². The molecule has 2 fully saturated rings. The fraction of sp³-hybridized carbons (Fsp3) is 0.588. The first-order valence-corrected chi connectivity index (χ1v) is 10.1. The number of hydrogen-bond acceptors (Lipinski definition) is 4.